The van der Waals surface area contributed by atoms with Gasteiger partial charge in [-0.1, -0.05) is 0 Å². The van der Waals surface area contributed by atoms with Gasteiger partial charge in [-0.3, -0.25) is 0 Å². The van der Waals surface area contributed by atoms with Crippen molar-refractivity contribution in [3.8, 4) is 0 Å². The molecule has 1 rings (SSSR count). The molecule has 0 radical (unpaired) electrons. The predicted molar refractivity (Wildman–Crippen MR) is 63.5 cm³/mol. The molecule has 8 heteroatoms. The van der Waals surface area contributed by atoms with Crippen LogP contribution < -0.4 is 4.90 Å². The molecule has 0 saturated heterocycles. The second-order valence-corrected chi connectivity index (χ2v) is 3.89. The lowest BCUT2D eigenvalue weighted by Crippen LogP contribution is -2.27. The summed E-state index contributed by atoms with van der Waals surface area (Å²) in [5, 5.41) is 10.6. The Balaban J connectivity index is 2.92. The first-order valence-electron chi connectivity index (χ1n) is 4.64. The number of imidazole rings is 1. The number of nitro groups is 1. The topological polar surface area (TPSA) is 64.2 Å². The number of aryl methyl sites for hydroxylation is 1. The zero-order valence-corrected chi connectivity index (χ0v) is 10.3. The highest BCUT2D eigenvalue weighted by Crippen LogP contribution is 2.17. The summed E-state index contributed by atoms with van der Waals surface area (Å²) >= 11 is 11.3. The van der Waals surface area contributed by atoms with Gasteiger partial charge in [0.15, 0.2) is 0 Å². The van der Waals surface area contributed by atoms with Crippen LogP contribution in [-0.4, -0.2) is 39.3 Å². The summed E-state index contributed by atoms with van der Waals surface area (Å²) in [6.45, 7) is 1.12. The quantitative estimate of drug-likeness (QED) is 0.446. The minimum absolute atomic E-state index is 0.191. The highest BCUT2D eigenvalue weighted by molar-refractivity contribution is 6.18. The molecule has 0 aliphatic rings. The van der Waals surface area contributed by atoms with E-state index in [1.54, 1.807) is 13.2 Å². The van der Waals surface area contributed by atoms with Gasteiger partial charge in [0.1, 0.15) is 6.20 Å². The third kappa shape index (κ3) is 2.99. The van der Waals surface area contributed by atoms with E-state index < -0.39 is 4.92 Å². The summed E-state index contributed by atoms with van der Waals surface area (Å²) < 4.78 is 1.37. The molecule has 16 heavy (non-hydrogen) atoms. The van der Waals surface area contributed by atoms with Crippen LogP contribution in [0.2, 0.25) is 0 Å². The molecule has 0 atom stereocenters. The van der Waals surface area contributed by atoms with Crippen LogP contribution >= 0.6 is 23.2 Å². The van der Waals surface area contributed by atoms with Crippen molar-refractivity contribution in [3.05, 3.63) is 16.3 Å². The van der Waals surface area contributed by atoms with Gasteiger partial charge in [0, 0.05) is 24.8 Å². The first-order chi connectivity index (χ1) is 7.60. The number of hydrogen-bond acceptors (Lipinski definition) is 4. The molecule has 0 aromatic carbocycles. The fraction of sp³-hybridized carbons (Fsp3) is 0.625. The molecular weight excluding hydrogens is 255 g/mol. The number of hydrogen-bond donors (Lipinski definition) is 0. The first-order valence-corrected chi connectivity index (χ1v) is 5.71. The molecule has 1 aromatic rings. The van der Waals surface area contributed by atoms with Crippen molar-refractivity contribution in [2.24, 2.45) is 7.05 Å². The Morgan fingerprint density at radius 2 is 2.06 bits per heavy atom. The lowest BCUT2D eigenvalue weighted by Gasteiger charge is -2.16. The smallest absolute Gasteiger partial charge is 0.390 e. The Kier molecular flexibility index (Phi) is 4.82. The van der Waals surface area contributed by atoms with Crippen molar-refractivity contribution < 1.29 is 4.92 Å². The number of halogens is 2. The SMILES string of the molecule is Cn1cc(N(CCCl)CCCl)nc1[N+](=O)[O-]. The van der Waals surface area contributed by atoms with Crippen LogP contribution in [0.3, 0.4) is 0 Å². The van der Waals surface area contributed by atoms with Crippen LogP contribution in [-0.2, 0) is 7.05 Å². The van der Waals surface area contributed by atoms with Crippen LogP contribution in [0.1, 0.15) is 0 Å². The fourth-order valence-corrected chi connectivity index (χ4v) is 1.72. The maximum Gasteiger partial charge on any atom is 0.436 e. The van der Waals surface area contributed by atoms with Gasteiger partial charge >= 0.3 is 5.95 Å². The third-order valence-electron chi connectivity index (χ3n) is 2.04. The van der Waals surface area contributed by atoms with Crippen molar-refractivity contribution in [2.75, 3.05) is 29.7 Å². The van der Waals surface area contributed by atoms with E-state index in [-0.39, 0.29) is 5.95 Å². The minimum Gasteiger partial charge on any atom is -0.390 e. The fourth-order valence-electron chi connectivity index (χ4n) is 1.31. The van der Waals surface area contributed by atoms with Gasteiger partial charge in [0.05, 0.1) is 7.05 Å². The molecule has 0 N–H and O–H groups in total. The van der Waals surface area contributed by atoms with E-state index >= 15 is 0 Å². The Morgan fingerprint density at radius 3 is 2.44 bits per heavy atom. The number of alkyl halides is 2. The highest BCUT2D eigenvalue weighted by atomic mass is 35.5. The van der Waals surface area contributed by atoms with Gasteiger partial charge in [-0.2, -0.15) is 0 Å². The van der Waals surface area contributed by atoms with Gasteiger partial charge in [-0.25, -0.2) is 4.57 Å². The Bertz CT molecular complexity index is 363. The molecule has 0 unspecified atom stereocenters. The molecule has 0 aliphatic carbocycles. The molecule has 0 saturated carbocycles. The van der Waals surface area contributed by atoms with Crippen LogP contribution in [0.15, 0.2) is 6.20 Å². The normalized spacial score (nSPS) is 10.4. The molecule has 1 heterocycles. The number of rotatable bonds is 6. The van der Waals surface area contributed by atoms with Crippen molar-refractivity contribution in [2.45, 2.75) is 0 Å². The van der Waals surface area contributed by atoms with Gasteiger partial charge < -0.3 is 15.0 Å². The molecule has 90 valence electrons. The molecule has 0 aliphatic heterocycles. The van der Waals surface area contributed by atoms with Crippen LogP contribution in [0.5, 0.6) is 0 Å². The molecule has 6 nitrogen and oxygen atoms in total. The van der Waals surface area contributed by atoms with E-state index in [2.05, 4.69) is 4.98 Å². The summed E-state index contributed by atoms with van der Waals surface area (Å²) in [5.41, 5.74) is 0. The zero-order chi connectivity index (χ0) is 12.1. The van der Waals surface area contributed by atoms with Crippen molar-refractivity contribution in [1.82, 2.24) is 9.55 Å². The second-order valence-electron chi connectivity index (χ2n) is 3.13. The van der Waals surface area contributed by atoms with Gasteiger partial charge in [-0.15, -0.1) is 23.2 Å². The molecule has 0 bridgehead atoms. The van der Waals surface area contributed by atoms with E-state index in [0.717, 1.165) is 0 Å². The van der Waals surface area contributed by atoms with E-state index in [1.807, 2.05) is 4.90 Å². The molecular formula is C8H12Cl2N4O2. The first kappa shape index (κ1) is 13.1. The predicted octanol–water partition coefficient (Wildman–Crippen LogP) is 1.61. The highest BCUT2D eigenvalue weighted by Gasteiger charge is 2.20. The largest absolute Gasteiger partial charge is 0.436 e. The average Bonchev–Trinajstić information content (AvgIpc) is 2.60. The van der Waals surface area contributed by atoms with E-state index in [4.69, 9.17) is 23.2 Å². The van der Waals surface area contributed by atoms with E-state index in [1.165, 1.54) is 4.57 Å². The van der Waals surface area contributed by atoms with Gasteiger partial charge in [0.25, 0.3) is 0 Å². The minimum atomic E-state index is -0.525. The average molecular weight is 267 g/mol. The summed E-state index contributed by atoms with van der Waals surface area (Å²) in [6.07, 6.45) is 1.59. The third-order valence-corrected chi connectivity index (χ3v) is 2.37. The maximum absolute atomic E-state index is 10.6. The Morgan fingerprint density at radius 1 is 1.50 bits per heavy atom. The van der Waals surface area contributed by atoms with Crippen molar-refractivity contribution >= 4 is 35.0 Å². The van der Waals surface area contributed by atoms with E-state index in [0.29, 0.717) is 30.7 Å². The number of nitrogens with zero attached hydrogens (tertiary/aromatic N) is 4. The lowest BCUT2D eigenvalue weighted by molar-refractivity contribution is -0.396. The summed E-state index contributed by atoms with van der Waals surface area (Å²) in [6, 6.07) is 0. The standard InChI is InChI=1S/C8H12Cl2N4O2/c1-12-6-7(11-8(12)14(15)16)13(4-2-9)5-3-10/h6H,2-5H2,1H3. The van der Waals surface area contributed by atoms with E-state index in [9.17, 15) is 10.1 Å². The van der Waals surface area contributed by atoms with Crippen LogP contribution in [0, 0.1) is 10.1 Å². The Hall–Kier alpha value is -1.01. The monoisotopic (exact) mass is 266 g/mol. The van der Waals surface area contributed by atoms with Gasteiger partial charge in [0.2, 0.25) is 5.82 Å². The lowest BCUT2D eigenvalue weighted by atomic mass is 10.5. The molecule has 0 amide bonds. The summed E-state index contributed by atoms with van der Waals surface area (Å²) in [4.78, 5) is 15.8. The summed E-state index contributed by atoms with van der Waals surface area (Å²) in [5.74, 6) is 1.17. The van der Waals surface area contributed by atoms with Crippen LogP contribution in [0.4, 0.5) is 11.8 Å². The number of anilines is 1. The Labute approximate surface area is 103 Å². The van der Waals surface area contributed by atoms with Crippen LogP contribution in [0.25, 0.3) is 0 Å². The second kappa shape index (κ2) is 5.91. The summed E-state index contributed by atoms with van der Waals surface area (Å²) in [7, 11) is 1.58. The molecule has 0 fully saturated rings. The zero-order valence-electron chi connectivity index (χ0n) is 8.77. The molecule has 0 spiro atoms. The maximum atomic E-state index is 10.6. The van der Waals surface area contributed by atoms with Crippen molar-refractivity contribution in [1.29, 1.82) is 0 Å². The van der Waals surface area contributed by atoms with Gasteiger partial charge in [-0.05, 0) is 9.91 Å². The number of aromatic nitrogens is 2. The molecule has 1 aromatic heterocycles. The van der Waals surface area contributed by atoms with Crippen molar-refractivity contribution in [3.63, 3.8) is 0 Å².